The fourth-order valence-electron chi connectivity index (χ4n) is 1.42. The Balaban J connectivity index is 2.61. The summed E-state index contributed by atoms with van der Waals surface area (Å²) >= 11 is 0. The molecule has 1 aromatic carbocycles. The Labute approximate surface area is 102 Å². The molecule has 0 saturated carbocycles. The molecule has 1 rings (SSSR count). The van der Waals surface area contributed by atoms with Gasteiger partial charge in [-0.2, -0.15) is 0 Å². The Hall–Kier alpha value is -1.77. The van der Waals surface area contributed by atoms with Crippen LogP contribution in [0.3, 0.4) is 0 Å². The minimum Gasteiger partial charge on any atom is -0.478 e. The summed E-state index contributed by atoms with van der Waals surface area (Å²) in [5.74, 6) is -0.379. The van der Waals surface area contributed by atoms with Gasteiger partial charge in [-0.25, -0.2) is 4.79 Å². The summed E-state index contributed by atoms with van der Waals surface area (Å²) in [6, 6.07) is 8.17. The van der Waals surface area contributed by atoms with Crippen molar-refractivity contribution < 1.29 is 9.90 Å². The molecule has 1 aromatic rings. The van der Waals surface area contributed by atoms with Crippen molar-refractivity contribution in [2.45, 2.75) is 26.7 Å². The molecule has 0 aliphatic rings. The van der Waals surface area contributed by atoms with Gasteiger partial charge < -0.3 is 10.4 Å². The fourth-order valence-corrected chi connectivity index (χ4v) is 1.42. The lowest BCUT2D eigenvalue weighted by Gasteiger charge is -2.09. The second-order valence-electron chi connectivity index (χ2n) is 4.35. The normalized spacial score (nSPS) is 11.6. The summed E-state index contributed by atoms with van der Waals surface area (Å²) < 4.78 is 0. The predicted octanol–water partition coefficient (Wildman–Crippen LogP) is 3.25. The Kier molecular flexibility index (Phi) is 4.76. The molecule has 3 nitrogen and oxygen atoms in total. The zero-order valence-electron chi connectivity index (χ0n) is 10.5. The van der Waals surface area contributed by atoms with Gasteiger partial charge in [-0.1, -0.05) is 32.1 Å². The van der Waals surface area contributed by atoms with Crippen molar-refractivity contribution in [3.05, 3.63) is 41.5 Å². The maximum atomic E-state index is 10.6. The van der Waals surface area contributed by atoms with E-state index in [9.17, 15) is 4.79 Å². The topological polar surface area (TPSA) is 49.3 Å². The number of carboxylic acid groups (broad SMARTS) is 1. The van der Waals surface area contributed by atoms with E-state index >= 15 is 0 Å². The summed E-state index contributed by atoms with van der Waals surface area (Å²) in [6.45, 7) is 6.41. The number of nitrogens with one attached hydrogen (secondary N) is 1. The molecule has 0 atom stereocenters. The highest BCUT2D eigenvalue weighted by Crippen LogP contribution is 2.18. The Bertz CT molecular complexity index is 422. The van der Waals surface area contributed by atoms with Crippen LogP contribution in [-0.2, 0) is 4.79 Å². The van der Waals surface area contributed by atoms with Crippen molar-refractivity contribution in [2.75, 3.05) is 11.9 Å². The lowest BCUT2D eigenvalue weighted by molar-refractivity contribution is -0.132. The van der Waals surface area contributed by atoms with Crippen LogP contribution in [0.2, 0.25) is 0 Å². The van der Waals surface area contributed by atoms with Gasteiger partial charge in [0.15, 0.2) is 0 Å². The van der Waals surface area contributed by atoms with Crippen molar-refractivity contribution in [3.8, 4) is 0 Å². The van der Waals surface area contributed by atoms with Gasteiger partial charge in [-0.05, 0) is 30.5 Å². The first kappa shape index (κ1) is 13.3. The summed E-state index contributed by atoms with van der Waals surface area (Å²) in [4.78, 5) is 10.6. The first-order chi connectivity index (χ1) is 8.00. The van der Waals surface area contributed by atoms with Gasteiger partial charge in [0.05, 0.1) is 0 Å². The third-order valence-electron chi connectivity index (χ3n) is 2.61. The zero-order chi connectivity index (χ0) is 12.8. The van der Waals surface area contributed by atoms with E-state index in [2.05, 4.69) is 31.3 Å². The first-order valence-corrected chi connectivity index (χ1v) is 5.74. The average molecular weight is 233 g/mol. The molecule has 0 bridgehead atoms. The number of carboxylic acids is 1. The molecule has 0 spiro atoms. The molecule has 0 heterocycles. The number of anilines is 1. The van der Waals surface area contributed by atoms with Gasteiger partial charge in [-0.15, -0.1) is 0 Å². The van der Waals surface area contributed by atoms with Crippen LogP contribution in [0.5, 0.6) is 0 Å². The second-order valence-corrected chi connectivity index (χ2v) is 4.35. The predicted molar refractivity (Wildman–Crippen MR) is 70.4 cm³/mol. The van der Waals surface area contributed by atoms with E-state index in [0.29, 0.717) is 18.0 Å². The molecule has 0 saturated heterocycles. The van der Waals surface area contributed by atoms with E-state index < -0.39 is 5.97 Å². The highest BCUT2D eigenvalue weighted by Gasteiger charge is 2.00. The minimum absolute atomic E-state index is 0.359. The van der Waals surface area contributed by atoms with Gasteiger partial charge in [0, 0.05) is 17.8 Å². The van der Waals surface area contributed by atoms with E-state index in [1.807, 2.05) is 12.1 Å². The van der Waals surface area contributed by atoms with Crippen LogP contribution < -0.4 is 5.32 Å². The summed E-state index contributed by atoms with van der Waals surface area (Å²) in [7, 11) is 0. The number of hydrogen-bond acceptors (Lipinski definition) is 2. The van der Waals surface area contributed by atoms with Crippen molar-refractivity contribution >= 4 is 11.7 Å². The number of aliphatic carboxylic acids is 1. The highest BCUT2D eigenvalue weighted by molar-refractivity contribution is 5.85. The van der Waals surface area contributed by atoms with Gasteiger partial charge in [0.2, 0.25) is 0 Å². The van der Waals surface area contributed by atoms with Crippen LogP contribution in [0.4, 0.5) is 5.69 Å². The Morgan fingerprint density at radius 1 is 1.47 bits per heavy atom. The van der Waals surface area contributed by atoms with E-state index in [-0.39, 0.29) is 0 Å². The van der Waals surface area contributed by atoms with E-state index in [1.165, 1.54) is 5.56 Å². The smallest absolute Gasteiger partial charge is 0.331 e. The lowest BCUT2D eigenvalue weighted by atomic mass is 10.0. The van der Waals surface area contributed by atoms with Crippen LogP contribution >= 0.6 is 0 Å². The fraction of sp³-hybridized carbons (Fsp3) is 0.357. The Morgan fingerprint density at radius 3 is 2.76 bits per heavy atom. The number of hydrogen-bond donors (Lipinski definition) is 2. The Morgan fingerprint density at radius 2 is 2.18 bits per heavy atom. The molecule has 0 aliphatic carbocycles. The van der Waals surface area contributed by atoms with Crippen molar-refractivity contribution in [2.24, 2.45) is 0 Å². The largest absolute Gasteiger partial charge is 0.478 e. The van der Waals surface area contributed by atoms with Crippen LogP contribution in [0.1, 0.15) is 32.3 Å². The van der Waals surface area contributed by atoms with Gasteiger partial charge in [0.1, 0.15) is 0 Å². The molecule has 0 unspecified atom stereocenters. The van der Waals surface area contributed by atoms with Crippen molar-refractivity contribution in [3.63, 3.8) is 0 Å². The van der Waals surface area contributed by atoms with Crippen molar-refractivity contribution in [1.29, 1.82) is 0 Å². The number of benzene rings is 1. The molecular formula is C14H19NO2. The number of carbonyl (C=O) groups is 1. The summed E-state index contributed by atoms with van der Waals surface area (Å²) in [6.07, 6.45) is 1.67. The van der Waals surface area contributed by atoms with Crippen molar-refractivity contribution in [1.82, 2.24) is 0 Å². The molecule has 2 N–H and O–H groups in total. The van der Waals surface area contributed by atoms with Gasteiger partial charge in [-0.3, -0.25) is 0 Å². The van der Waals surface area contributed by atoms with Crippen LogP contribution in [-0.4, -0.2) is 17.6 Å². The minimum atomic E-state index is -0.872. The van der Waals surface area contributed by atoms with E-state index in [1.54, 1.807) is 13.0 Å². The van der Waals surface area contributed by atoms with Crippen LogP contribution in [0.25, 0.3) is 0 Å². The SMILES string of the molecule is C/C(=C/CNc1cccc(C(C)C)c1)C(=O)O. The molecular weight excluding hydrogens is 214 g/mol. The van der Waals surface area contributed by atoms with E-state index in [0.717, 1.165) is 5.69 Å². The van der Waals surface area contributed by atoms with Crippen LogP contribution in [0.15, 0.2) is 35.9 Å². The van der Waals surface area contributed by atoms with Gasteiger partial charge >= 0.3 is 5.97 Å². The molecule has 92 valence electrons. The standard InChI is InChI=1S/C14H19NO2/c1-10(2)12-5-4-6-13(9-12)15-8-7-11(3)14(16)17/h4-7,9-10,15H,8H2,1-3H3,(H,16,17)/b11-7-. The summed E-state index contributed by atoms with van der Waals surface area (Å²) in [5.41, 5.74) is 2.65. The third kappa shape index (κ3) is 4.31. The molecule has 0 aliphatic heterocycles. The average Bonchev–Trinajstić information content (AvgIpc) is 2.29. The molecule has 0 radical (unpaired) electrons. The third-order valence-corrected chi connectivity index (χ3v) is 2.61. The molecule has 3 heteroatoms. The second kappa shape index (κ2) is 6.09. The maximum absolute atomic E-state index is 10.6. The lowest BCUT2D eigenvalue weighted by Crippen LogP contribution is -2.03. The molecule has 17 heavy (non-hydrogen) atoms. The quantitative estimate of drug-likeness (QED) is 0.767. The van der Waals surface area contributed by atoms with Gasteiger partial charge in [0.25, 0.3) is 0 Å². The molecule has 0 fully saturated rings. The number of rotatable bonds is 5. The van der Waals surface area contributed by atoms with Crippen LogP contribution in [0, 0.1) is 0 Å². The molecule has 0 amide bonds. The zero-order valence-corrected chi connectivity index (χ0v) is 10.5. The maximum Gasteiger partial charge on any atom is 0.331 e. The summed E-state index contributed by atoms with van der Waals surface area (Å²) in [5, 5.41) is 11.9. The highest BCUT2D eigenvalue weighted by atomic mass is 16.4. The first-order valence-electron chi connectivity index (χ1n) is 5.74. The monoisotopic (exact) mass is 233 g/mol. The van der Waals surface area contributed by atoms with E-state index in [4.69, 9.17) is 5.11 Å². The molecule has 0 aromatic heterocycles.